The van der Waals surface area contributed by atoms with Crippen molar-refractivity contribution in [2.45, 2.75) is 38.9 Å². The van der Waals surface area contributed by atoms with Crippen molar-refractivity contribution < 1.29 is 19.3 Å². The minimum atomic E-state index is -2.28. The van der Waals surface area contributed by atoms with Gasteiger partial charge < -0.3 is 9.53 Å². The molecule has 0 heterocycles. The summed E-state index contributed by atoms with van der Waals surface area (Å²) < 4.78 is 5.88. The van der Waals surface area contributed by atoms with Gasteiger partial charge in [-0.3, -0.25) is 10.1 Å². The summed E-state index contributed by atoms with van der Waals surface area (Å²) >= 11 is 0. The number of rotatable bonds is 4. The summed E-state index contributed by atoms with van der Waals surface area (Å²) in [6, 6.07) is 3.60. The monoisotopic (exact) mass is 297 g/mol. The Morgan fingerprint density at radius 2 is 1.90 bits per heavy atom. The highest BCUT2D eigenvalue weighted by Crippen LogP contribution is 2.40. The molecule has 0 unspecified atom stereocenters. The van der Waals surface area contributed by atoms with Crippen molar-refractivity contribution in [3.63, 3.8) is 0 Å². The van der Waals surface area contributed by atoms with Gasteiger partial charge in [0, 0.05) is 12.1 Å². The van der Waals surface area contributed by atoms with Gasteiger partial charge in [-0.25, -0.2) is 4.79 Å². The molecule has 0 radical (unpaired) electrons. The van der Waals surface area contributed by atoms with Gasteiger partial charge in [0.15, 0.2) is 5.75 Å². The van der Waals surface area contributed by atoms with Crippen LogP contribution in [0.1, 0.15) is 31.1 Å². The largest absolute Gasteiger partial charge is 0.539 e. The molecule has 0 aliphatic heterocycles. The van der Waals surface area contributed by atoms with E-state index in [4.69, 9.17) is 9.53 Å². The first-order valence-electron chi connectivity index (χ1n) is 6.16. The summed E-state index contributed by atoms with van der Waals surface area (Å²) in [6.45, 7) is 9.92. The van der Waals surface area contributed by atoms with Crippen molar-refractivity contribution in [1.82, 2.24) is 0 Å². The number of carboxylic acid groups (broad SMARTS) is 1. The lowest BCUT2D eigenvalue weighted by molar-refractivity contribution is -0.385. The van der Waals surface area contributed by atoms with Gasteiger partial charge in [0.2, 0.25) is 0 Å². The van der Waals surface area contributed by atoms with Crippen molar-refractivity contribution in [2.75, 3.05) is 0 Å². The summed E-state index contributed by atoms with van der Waals surface area (Å²) in [5, 5.41) is 19.9. The van der Waals surface area contributed by atoms with Crippen LogP contribution < -0.4 is 4.43 Å². The standard InChI is InChI=1S/C13H19NO5Si/c1-13(2,3)20(4,5)19-11-8-9(12(15)16)6-7-10(11)14(17)18/h6-8H,1-5H3,(H,15,16). The molecule has 0 fully saturated rings. The highest BCUT2D eigenvalue weighted by atomic mass is 28.4. The van der Waals surface area contributed by atoms with E-state index in [1.165, 1.54) is 18.2 Å². The fourth-order valence-corrected chi connectivity index (χ4v) is 2.33. The maximum Gasteiger partial charge on any atom is 0.335 e. The Morgan fingerprint density at radius 3 is 2.30 bits per heavy atom. The summed E-state index contributed by atoms with van der Waals surface area (Å²) in [6.07, 6.45) is 0. The molecule has 7 heteroatoms. The minimum Gasteiger partial charge on any atom is -0.539 e. The third-order valence-electron chi connectivity index (χ3n) is 3.57. The van der Waals surface area contributed by atoms with Crippen molar-refractivity contribution in [3.8, 4) is 5.75 Å². The van der Waals surface area contributed by atoms with E-state index in [0.29, 0.717) is 0 Å². The molecule has 0 spiro atoms. The van der Waals surface area contributed by atoms with Crippen LogP contribution in [0.2, 0.25) is 18.1 Å². The quantitative estimate of drug-likeness (QED) is 0.520. The van der Waals surface area contributed by atoms with E-state index in [1.807, 2.05) is 33.9 Å². The van der Waals surface area contributed by atoms with Crippen molar-refractivity contribution in [2.24, 2.45) is 0 Å². The average molecular weight is 297 g/mol. The van der Waals surface area contributed by atoms with Crippen LogP contribution in [0, 0.1) is 10.1 Å². The van der Waals surface area contributed by atoms with Crippen molar-refractivity contribution >= 4 is 20.0 Å². The normalized spacial score (nSPS) is 12.1. The van der Waals surface area contributed by atoms with Gasteiger partial charge in [-0.15, -0.1) is 0 Å². The maximum absolute atomic E-state index is 11.0. The Labute approximate surface area is 118 Å². The molecule has 0 atom stereocenters. The van der Waals surface area contributed by atoms with Crippen LogP contribution >= 0.6 is 0 Å². The highest BCUT2D eigenvalue weighted by molar-refractivity contribution is 6.74. The SMILES string of the molecule is CC(C)(C)[Si](C)(C)Oc1cc(C(=O)O)ccc1[N+](=O)[O-]. The molecular formula is C13H19NO5Si. The van der Waals surface area contributed by atoms with E-state index >= 15 is 0 Å². The zero-order valence-electron chi connectivity index (χ0n) is 12.3. The molecule has 0 saturated heterocycles. The second kappa shape index (κ2) is 5.24. The Bertz CT molecular complexity index is 548. The second-order valence-corrected chi connectivity index (χ2v) is 10.8. The Hall–Kier alpha value is -1.89. The smallest absolute Gasteiger partial charge is 0.335 e. The van der Waals surface area contributed by atoms with Gasteiger partial charge >= 0.3 is 11.7 Å². The zero-order valence-corrected chi connectivity index (χ0v) is 13.3. The van der Waals surface area contributed by atoms with E-state index < -0.39 is 19.2 Å². The van der Waals surface area contributed by atoms with Crippen molar-refractivity contribution in [3.05, 3.63) is 33.9 Å². The number of aromatic carboxylic acids is 1. The number of nitro groups is 1. The Morgan fingerprint density at radius 1 is 1.35 bits per heavy atom. The summed E-state index contributed by atoms with van der Waals surface area (Å²) in [7, 11) is -2.28. The van der Waals surface area contributed by atoms with E-state index in [0.717, 1.165) is 0 Å². The predicted molar refractivity (Wildman–Crippen MR) is 77.9 cm³/mol. The predicted octanol–water partition coefficient (Wildman–Crippen LogP) is 3.68. The van der Waals surface area contributed by atoms with Crippen LogP contribution in [0.4, 0.5) is 5.69 Å². The average Bonchev–Trinajstić information content (AvgIpc) is 2.26. The maximum atomic E-state index is 11.0. The lowest BCUT2D eigenvalue weighted by Crippen LogP contribution is -2.44. The molecule has 0 amide bonds. The molecule has 1 aromatic carbocycles. The first-order chi connectivity index (χ1) is 8.95. The van der Waals surface area contributed by atoms with E-state index in [1.54, 1.807) is 0 Å². The number of nitro benzene ring substituents is 1. The van der Waals surface area contributed by atoms with Gasteiger partial charge in [-0.2, -0.15) is 0 Å². The van der Waals surface area contributed by atoms with Gasteiger partial charge in [0.05, 0.1) is 10.5 Å². The van der Waals surface area contributed by atoms with Crippen LogP contribution in [-0.2, 0) is 0 Å². The Kier molecular flexibility index (Phi) is 4.23. The second-order valence-electron chi connectivity index (χ2n) is 6.11. The third kappa shape index (κ3) is 3.35. The van der Waals surface area contributed by atoms with Crippen LogP contribution in [-0.4, -0.2) is 24.3 Å². The molecule has 1 rings (SSSR count). The van der Waals surface area contributed by atoms with Gasteiger partial charge in [0.25, 0.3) is 8.32 Å². The van der Waals surface area contributed by atoms with Crippen LogP contribution in [0.15, 0.2) is 18.2 Å². The lowest BCUT2D eigenvalue weighted by Gasteiger charge is -2.36. The van der Waals surface area contributed by atoms with E-state index in [2.05, 4.69) is 0 Å². The highest BCUT2D eigenvalue weighted by Gasteiger charge is 2.40. The first-order valence-corrected chi connectivity index (χ1v) is 9.07. The molecule has 0 aliphatic rings. The molecule has 1 aromatic rings. The van der Waals surface area contributed by atoms with Crippen LogP contribution in [0.3, 0.4) is 0 Å². The number of carbonyl (C=O) groups is 1. The molecule has 6 nitrogen and oxygen atoms in total. The molecule has 20 heavy (non-hydrogen) atoms. The van der Waals surface area contributed by atoms with E-state index in [-0.39, 0.29) is 22.0 Å². The number of carboxylic acids is 1. The van der Waals surface area contributed by atoms with Gasteiger partial charge in [-0.05, 0) is 24.2 Å². The molecule has 0 saturated carbocycles. The van der Waals surface area contributed by atoms with Crippen molar-refractivity contribution in [1.29, 1.82) is 0 Å². The van der Waals surface area contributed by atoms with Gasteiger partial charge in [0.1, 0.15) is 0 Å². The number of hydrogen-bond acceptors (Lipinski definition) is 4. The summed E-state index contributed by atoms with van der Waals surface area (Å²) in [4.78, 5) is 21.5. The molecular weight excluding hydrogens is 278 g/mol. The molecule has 0 bridgehead atoms. The summed E-state index contributed by atoms with van der Waals surface area (Å²) in [5.41, 5.74) is -0.232. The fraction of sp³-hybridized carbons (Fsp3) is 0.462. The minimum absolute atomic E-state index is 0.0238. The van der Waals surface area contributed by atoms with Crippen LogP contribution in [0.5, 0.6) is 5.75 Å². The molecule has 0 aliphatic carbocycles. The number of benzene rings is 1. The number of nitrogens with zero attached hydrogens (tertiary/aromatic N) is 1. The van der Waals surface area contributed by atoms with Gasteiger partial charge in [-0.1, -0.05) is 20.8 Å². The molecule has 1 N–H and O–H groups in total. The molecule has 110 valence electrons. The third-order valence-corrected chi connectivity index (χ3v) is 7.92. The first kappa shape index (κ1) is 16.2. The zero-order chi connectivity index (χ0) is 15.7. The van der Waals surface area contributed by atoms with E-state index in [9.17, 15) is 14.9 Å². The summed E-state index contributed by atoms with van der Waals surface area (Å²) in [5.74, 6) is -1.11. The topological polar surface area (TPSA) is 89.7 Å². The molecule has 0 aromatic heterocycles. The lowest BCUT2D eigenvalue weighted by atomic mass is 10.2. The van der Waals surface area contributed by atoms with Crippen LogP contribution in [0.25, 0.3) is 0 Å². The Balaban J connectivity index is 3.31. The number of hydrogen-bond donors (Lipinski definition) is 1. The fourth-order valence-electron chi connectivity index (χ4n) is 1.31.